The number of ketones is 1. The van der Waals surface area contributed by atoms with E-state index in [2.05, 4.69) is 6.07 Å². The van der Waals surface area contributed by atoms with Gasteiger partial charge in [-0.15, -0.1) is 0 Å². The molecule has 2 heterocycles. The maximum absolute atomic E-state index is 12.8. The molecule has 0 N–H and O–H groups in total. The lowest BCUT2D eigenvalue weighted by Gasteiger charge is -2.42. The molecular weight excluding hydrogens is 314 g/mol. The zero-order valence-electron chi connectivity index (χ0n) is 14.1. The van der Waals surface area contributed by atoms with Crippen molar-refractivity contribution in [3.8, 4) is 22.9 Å². The minimum Gasteiger partial charge on any atom is -0.484 e. The molecule has 2 aliphatic heterocycles. The summed E-state index contributed by atoms with van der Waals surface area (Å²) in [6.07, 6.45) is 2.32. The molecule has 4 rings (SSSR count). The average molecular weight is 333 g/mol. The van der Waals surface area contributed by atoms with Crippen LogP contribution in [-0.2, 0) is 4.74 Å². The third-order valence-electron chi connectivity index (χ3n) is 5.05. The van der Waals surface area contributed by atoms with E-state index in [0.29, 0.717) is 29.9 Å². The van der Waals surface area contributed by atoms with Gasteiger partial charge in [-0.1, -0.05) is 18.2 Å². The van der Waals surface area contributed by atoms with Crippen LogP contribution in [0.4, 0.5) is 0 Å². The summed E-state index contributed by atoms with van der Waals surface area (Å²) in [4.78, 5) is 12.8. The Kier molecular flexibility index (Phi) is 3.82. The lowest BCUT2D eigenvalue weighted by molar-refractivity contribution is -0.101. The van der Waals surface area contributed by atoms with Crippen LogP contribution in [0.25, 0.3) is 11.1 Å². The first kappa shape index (κ1) is 15.9. The Morgan fingerprint density at radius 3 is 2.80 bits per heavy atom. The van der Waals surface area contributed by atoms with Crippen molar-refractivity contribution in [2.75, 3.05) is 6.61 Å². The van der Waals surface area contributed by atoms with Gasteiger partial charge >= 0.3 is 0 Å². The highest BCUT2D eigenvalue weighted by Gasteiger charge is 2.43. The van der Waals surface area contributed by atoms with E-state index in [1.54, 1.807) is 6.07 Å². The second-order valence-electron chi connectivity index (χ2n) is 6.95. The van der Waals surface area contributed by atoms with Gasteiger partial charge in [-0.2, -0.15) is 5.26 Å². The fraction of sp³-hybridized carbons (Fsp3) is 0.333. The fourth-order valence-electron chi connectivity index (χ4n) is 3.58. The number of hydrogen-bond acceptors (Lipinski definition) is 4. The van der Waals surface area contributed by atoms with Crippen LogP contribution < -0.4 is 4.74 Å². The molecular formula is C21H19NO3. The maximum Gasteiger partial charge on any atom is 0.170 e. The van der Waals surface area contributed by atoms with Crippen molar-refractivity contribution in [1.82, 2.24) is 0 Å². The first-order valence-corrected chi connectivity index (χ1v) is 8.57. The van der Waals surface area contributed by atoms with Crippen molar-refractivity contribution >= 4 is 5.78 Å². The van der Waals surface area contributed by atoms with Crippen LogP contribution in [0.5, 0.6) is 5.75 Å². The second-order valence-corrected chi connectivity index (χ2v) is 6.95. The largest absolute Gasteiger partial charge is 0.484 e. The Bertz CT molecular complexity index is 873. The van der Waals surface area contributed by atoms with Crippen LogP contribution in [0, 0.1) is 11.3 Å². The van der Waals surface area contributed by atoms with Crippen LogP contribution in [0.3, 0.4) is 0 Å². The molecule has 2 aromatic rings. The maximum atomic E-state index is 12.8. The average Bonchev–Trinajstić information content (AvgIpc) is 2.64. The van der Waals surface area contributed by atoms with E-state index in [1.165, 1.54) is 0 Å². The smallest absolute Gasteiger partial charge is 0.170 e. The fourth-order valence-corrected chi connectivity index (χ4v) is 3.58. The molecule has 0 aliphatic carbocycles. The van der Waals surface area contributed by atoms with Crippen molar-refractivity contribution in [2.45, 2.75) is 37.9 Å². The highest BCUT2D eigenvalue weighted by atomic mass is 16.6. The standard InChI is InChI=1S/C21H19NO3/c1-14-7-8-21(13-24-14)11-19(23)18-10-17(5-6-20(18)25-21)16-4-2-3-15(9-16)12-22/h2-6,9-10,14H,7-8,11,13H2,1H3/t14-,21-/m0/s1. The van der Waals surface area contributed by atoms with Crippen LogP contribution in [-0.4, -0.2) is 24.1 Å². The van der Waals surface area contributed by atoms with E-state index >= 15 is 0 Å². The molecule has 25 heavy (non-hydrogen) atoms. The molecule has 4 nitrogen and oxygen atoms in total. The number of nitriles is 1. The molecule has 0 unspecified atom stereocenters. The number of carbonyl (C=O) groups is 1. The highest BCUT2D eigenvalue weighted by Crippen LogP contribution is 2.40. The third-order valence-corrected chi connectivity index (χ3v) is 5.05. The first-order chi connectivity index (χ1) is 12.1. The first-order valence-electron chi connectivity index (χ1n) is 8.57. The Morgan fingerprint density at radius 2 is 2.04 bits per heavy atom. The molecule has 1 fully saturated rings. The number of benzene rings is 2. The van der Waals surface area contributed by atoms with Crippen molar-refractivity contribution in [2.24, 2.45) is 0 Å². The zero-order chi connectivity index (χ0) is 17.4. The van der Waals surface area contributed by atoms with Crippen LogP contribution in [0.1, 0.15) is 42.1 Å². The molecule has 0 aromatic heterocycles. The van der Waals surface area contributed by atoms with E-state index in [4.69, 9.17) is 14.7 Å². The summed E-state index contributed by atoms with van der Waals surface area (Å²) in [5, 5.41) is 9.07. The van der Waals surface area contributed by atoms with Gasteiger partial charge in [0, 0.05) is 0 Å². The Balaban J connectivity index is 1.67. The molecule has 1 spiro atoms. The summed E-state index contributed by atoms with van der Waals surface area (Å²) in [5.41, 5.74) is 2.54. The molecule has 0 radical (unpaired) electrons. The molecule has 0 bridgehead atoms. The highest BCUT2D eigenvalue weighted by molar-refractivity contribution is 6.01. The summed E-state index contributed by atoms with van der Waals surface area (Å²) >= 11 is 0. The van der Waals surface area contributed by atoms with Gasteiger partial charge in [0.15, 0.2) is 5.78 Å². The van der Waals surface area contributed by atoms with E-state index in [0.717, 1.165) is 24.0 Å². The van der Waals surface area contributed by atoms with Crippen LogP contribution in [0.2, 0.25) is 0 Å². The number of fused-ring (bicyclic) bond motifs is 1. The minimum atomic E-state index is -0.515. The predicted octanol–water partition coefficient (Wildman–Crippen LogP) is 4.13. The third kappa shape index (κ3) is 2.92. The lowest BCUT2D eigenvalue weighted by atomic mass is 9.84. The Hall–Kier alpha value is -2.64. The zero-order valence-corrected chi connectivity index (χ0v) is 14.1. The molecule has 2 atom stereocenters. The van der Waals surface area contributed by atoms with Crippen molar-refractivity contribution in [3.05, 3.63) is 53.6 Å². The molecule has 1 saturated heterocycles. The predicted molar refractivity (Wildman–Crippen MR) is 93.5 cm³/mol. The monoisotopic (exact) mass is 333 g/mol. The number of hydrogen-bond donors (Lipinski definition) is 0. The molecule has 126 valence electrons. The topological polar surface area (TPSA) is 59.3 Å². The summed E-state index contributed by atoms with van der Waals surface area (Å²) in [7, 11) is 0. The lowest BCUT2D eigenvalue weighted by Crippen LogP contribution is -2.49. The van der Waals surface area contributed by atoms with Gasteiger partial charge in [-0.25, -0.2) is 0 Å². The van der Waals surface area contributed by atoms with E-state index in [9.17, 15) is 4.79 Å². The Morgan fingerprint density at radius 1 is 1.20 bits per heavy atom. The van der Waals surface area contributed by atoms with Gasteiger partial charge < -0.3 is 9.47 Å². The molecule has 2 aromatic carbocycles. The molecule has 4 heteroatoms. The molecule has 0 saturated carbocycles. The van der Waals surface area contributed by atoms with Gasteiger partial charge in [0.05, 0.1) is 36.3 Å². The number of nitrogens with zero attached hydrogens (tertiary/aromatic N) is 1. The van der Waals surface area contributed by atoms with Gasteiger partial charge in [0.2, 0.25) is 0 Å². The summed E-state index contributed by atoms with van der Waals surface area (Å²) in [6, 6.07) is 15.2. The summed E-state index contributed by atoms with van der Waals surface area (Å²) < 4.78 is 12.0. The molecule has 0 amide bonds. The quantitative estimate of drug-likeness (QED) is 0.787. The normalized spacial score (nSPS) is 25.1. The van der Waals surface area contributed by atoms with Crippen LogP contribution >= 0.6 is 0 Å². The summed E-state index contributed by atoms with van der Waals surface area (Å²) in [6.45, 7) is 2.51. The van der Waals surface area contributed by atoms with Crippen LogP contribution in [0.15, 0.2) is 42.5 Å². The van der Waals surface area contributed by atoms with Crippen molar-refractivity contribution in [3.63, 3.8) is 0 Å². The minimum absolute atomic E-state index is 0.0951. The van der Waals surface area contributed by atoms with E-state index in [-0.39, 0.29) is 11.9 Å². The van der Waals surface area contributed by atoms with E-state index in [1.807, 2.05) is 43.3 Å². The second kappa shape index (κ2) is 6.02. The number of carbonyl (C=O) groups excluding carboxylic acids is 1. The Labute approximate surface area is 147 Å². The molecule has 2 aliphatic rings. The van der Waals surface area contributed by atoms with Gasteiger partial charge in [-0.05, 0) is 55.2 Å². The number of ether oxygens (including phenoxy) is 2. The SMILES string of the molecule is C[C@H]1CC[C@@]2(CO1)CC(=O)c1cc(-c3cccc(C#N)c3)ccc1O2. The number of Topliss-reactive ketones (excluding diaryl/α,β-unsaturated/α-hetero) is 1. The van der Waals surface area contributed by atoms with Gasteiger partial charge in [0.1, 0.15) is 11.4 Å². The summed E-state index contributed by atoms with van der Waals surface area (Å²) in [5.74, 6) is 0.729. The van der Waals surface area contributed by atoms with Gasteiger partial charge in [0.25, 0.3) is 0 Å². The van der Waals surface area contributed by atoms with Crippen molar-refractivity contribution in [1.29, 1.82) is 5.26 Å². The van der Waals surface area contributed by atoms with Gasteiger partial charge in [-0.3, -0.25) is 4.79 Å². The number of rotatable bonds is 1. The van der Waals surface area contributed by atoms with E-state index < -0.39 is 5.60 Å². The van der Waals surface area contributed by atoms with Crippen molar-refractivity contribution < 1.29 is 14.3 Å².